The Kier molecular flexibility index (Phi) is 1.48. The van der Waals surface area contributed by atoms with E-state index in [0.717, 1.165) is 5.92 Å². The van der Waals surface area contributed by atoms with Crippen molar-refractivity contribution in [2.45, 2.75) is 32.6 Å². The van der Waals surface area contributed by atoms with Gasteiger partial charge >= 0.3 is 0 Å². The van der Waals surface area contributed by atoms with Gasteiger partial charge in [0.2, 0.25) is 0 Å². The number of fused-ring (bicyclic) bond motifs is 1. The van der Waals surface area contributed by atoms with Crippen LogP contribution in [0.4, 0.5) is 0 Å². The van der Waals surface area contributed by atoms with Crippen LogP contribution < -0.4 is 5.32 Å². The molecular formula is C9H17N. The molecule has 0 bridgehead atoms. The minimum Gasteiger partial charge on any atom is -0.316 e. The summed E-state index contributed by atoms with van der Waals surface area (Å²) >= 11 is 0. The molecule has 1 unspecified atom stereocenters. The van der Waals surface area contributed by atoms with Gasteiger partial charge in [-0.15, -0.1) is 0 Å². The van der Waals surface area contributed by atoms with Crippen molar-refractivity contribution in [1.82, 2.24) is 5.32 Å². The molecule has 1 saturated carbocycles. The summed E-state index contributed by atoms with van der Waals surface area (Å²) in [7, 11) is 0. The molecule has 0 aromatic carbocycles. The summed E-state index contributed by atoms with van der Waals surface area (Å²) in [6.07, 6.45) is 5.88. The van der Waals surface area contributed by atoms with Crippen molar-refractivity contribution in [3.8, 4) is 0 Å². The third-order valence-corrected chi connectivity index (χ3v) is 3.46. The number of rotatable bonds is 0. The van der Waals surface area contributed by atoms with Crippen molar-refractivity contribution in [3.05, 3.63) is 0 Å². The quantitative estimate of drug-likeness (QED) is 0.539. The van der Waals surface area contributed by atoms with E-state index in [1.807, 2.05) is 0 Å². The lowest BCUT2D eigenvalue weighted by Gasteiger charge is -2.34. The standard InChI is InChI=1S/C9H17N/c1-9-5-3-2-4-8(9)6-10-7-9/h8,10H,2-7H2,1H3/t8?,9-/m1/s1. The maximum absolute atomic E-state index is 3.50. The minimum atomic E-state index is 0.679. The molecule has 2 aliphatic rings. The van der Waals surface area contributed by atoms with Gasteiger partial charge in [-0.3, -0.25) is 0 Å². The molecule has 0 aromatic heterocycles. The lowest BCUT2D eigenvalue weighted by molar-refractivity contribution is 0.174. The van der Waals surface area contributed by atoms with E-state index in [4.69, 9.17) is 0 Å². The Morgan fingerprint density at radius 2 is 2.30 bits per heavy atom. The van der Waals surface area contributed by atoms with Gasteiger partial charge in [-0.05, 0) is 30.7 Å². The highest BCUT2D eigenvalue weighted by Gasteiger charge is 2.39. The summed E-state index contributed by atoms with van der Waals surface area (Å²) < 4.78 is 0. The lowest BCUT2D eigenvalue weighted by Crippen LogP contribution is -2.29. The molecule has 10 heavy (non-hydrogen) atoms. The van der Waals surface area contributed by atoms with Crippen LogP contribution in [0.5, 0.6) is 0 Å². The zero-order chi connectivity index (χ0) is 7.03. The number of hydrogen-bond acceptors (Lipinski definition) is 1. The van der Waals surface area contributed by atoms with E-state index in [1.165, 1.54) is 38.8 Å². The largest absolute Gasteiger partial charge is 0.316 e. The first-order chi connectivity index (χ1) is 4.81. The van der Waals surface area contributed by atoms with Crippen LogP contribution in [-0.4, -0.2) is 13.1 Å². The van der Waals surface area contributed by atoms with Crippen molar-refractivity contribution in [1.29, 1.82) is 0 Å². The first-order valence-electron chi connectivity index (χ1n) is 4.52. The molecule has 58 valence electrons. The Bertz CT molecular complexity index is 133. The predicted octanol–water partition coefficient (Wildman–Crippen LogP) is 1.79. The van der Waals surface area contributed by atoms with Crippen LogP contribution in [0.15, 0.2) is 0 Å². The normalized spacial score (nSPS) is 47.1. The first-order valence-corrected chi connectivity index (χ1v) is 4.52. The van der Waals surface area contributed by atoms with Crippen molar-refractivity contribution in [3.63, 3.8) is 0 Å². The summed E-state index contributed by atoms with van der Waals surface area (Å²) in [4.78, 5) is 0. The second-order valence-corrected chi connectivity index (χ2v) is 4.23. The second kappa shape index (κ2) is 2.23. The van der Waals surface area contributed by atoms with Gasteiger partial charge in [-0.1, -0.05) is 19.8 Å². The van der Waals surface area contributed by atoms with E-state index in [9.17, 15) is 0 Å². The molecule has 2 rings (SSSR count). The Labute approximate surface area is 63.2 Å². The average Bonchev–Trinajstić information content (AvgIpc) is 2.29. The topological polar surface area (TPSA) is 12.0 Å². The molecule has 1 saturated heterocycles. The second-order valence-electron chi connectivity index (χ2n) is 4.23. The van der Waals surface area contributed by atoms with Crippen LogP contribution in [0.2, 0.25) is 0 Å². The molecule has 0 spiro atoms. The Hall–Kier alpha value is -0.0400. The Morgan fingerprint density at radius 3 is 3.10 bits per heavy atom. The Balaban J connectivity index is 2.10. The fourth-order valence-electron chi connectivity index (χ4n) is 2.59. The molecule has 2 fully saturated rings. The monoisotopic (exact) mass is 139 g/mol. The SMILES string of the molecule is C[C@]12CCCCC1CNC2. The van der Waals surface area contributed by atoms with Gasteiger partial charge in [0, 0.05) is 6.54 Å². The molecule has 1 aliphatic carbocycles. The molecule has 1 heteroatoms. The lowest BCUT2D eigenvalue weighted by atomic mass is 9.70. The molecule has 1 nitrogen and oxygen atoms in total. The first kappa shape index (κ1) is 6.66. The van der Waals surface area contributed by atoms with E-state index in [0.29, 0.717) is 5.41 Å². The highest BCUT2D eigenvalue weighted by atomic mass is 14.9. The van der Waals surface area contributed by atoms with Crippen molar-refractivity contribution in [2.75, 3.05) is 13.1 Å². The smallest absolute Gasteiger partial charge is 0.000841 e. The third kappa shape index (κ3) is 0.878. The summed E-state index contributed by atoms with van der Waals surface area (Å²) in [5.74, 6) is 1.00. The summed E-state index contributed by atoms with van der Waals surface area (Å²) in [6, 6.07) is 0. The van der Waals surface area contributed by atoms with Gasteiger partial charge in [0.05, 0.1) is 0 Å². The average molecular weight is 139 g/mol. The molecule has 1 heterocycles. The molecule has 1 aliphatic heterocycles. The summed E-state index contributed by atoms with van der Waals surface area (Å²) in [5.41, 5.74) is 0.679. The maximum atomic E-state index is 3.50. The van der Waals surface area contributed by atoms with Crippen LogP contribution in [0, 0.1) is 11.3 Å². The van der Waals surface area contributed by atoms with Gasteiger partial charge in [-0.25, -0.2) is 0 Å². The predicted molar refractivity (Wildman–Crippen MR) is 42.9 cm³/mol. The summed E-state index contributed by atoms with van der Waals surface area (Å²) in [6.45, 7) is 5.02. The van der Waals surface area contributed by atoms with Gasteiger partial charge in [0.25, 0.3) is 0 Å². The van der Waals surface area contributed by atoms with Crippen molar-refractivity contribution >= 4 is 0 Å². The van der Waals surface area contributed by atoms with Gasteiger partial charge in [0.1, 0.15) is 0 Å². The zero-order valence-corrected chi connectivity index (χ0v) is 6.82. The van der Waals surface area contributed by atoms with E-state index in [-0.39, 0.29) is 0 Å². The van der Waals surface area contributed by atoms with Crippen LogP contribution in [0.1, 0.15) is 32.6 Å². The highest BCUT2D eigenvalue weighted by molar-refractivity contribution is 4.93. The molecule has 0 amide bonds. The molecular weight excluding hydrogens is 122 g/mol. The van der Waals surface area contributed by atoms with Crippen molar-refractivity contribution in [2.24, 2.45) is 11.3 Å². The highest BCUT2D eigenvalue weighted by Crippen LogP contribution is 2.42. The van der Waals surface area contributed by atoms with Gasteiger partial charge in [0.15, 0.2) is 0 Å². The summed E-state index contributed by atoms with van der Waals surface area (Å²) in [5, 5.41) is 3.50. The number of hydrogen-bond donors (Lipinski definition) is 1. The minimum absolute atomic E-state index is 0.679. The molecule has 0 radical (unpaired) electrons. The van der Waals surface area contributed by atoms with Gasteiger partial charge < -0.3 is 5.32 Å². The van der Waals surface area contributed by atoms with Crippen LogP contribution in [0.3, 0.4) is 0 Å². The van der Waals surface area contributed by atoms with E-state index in [2.05, 4.69) is 12.2 Å². The maximum Gasteiger partial charge on any atom is 0.000841 e. The van der Waals surface area contributed by atoms with E-state index < -0.39 is 0 Å². The molecule has 2 atom stereocenters. The van der Waals surface area contributed by atoms with Crippen molar-refractivity contribution < 1.29 is 0 Å². The molecule has 0 aromatic rings. The van der Waals surface area contributed by atoms with Crippen LogP contribution in [-0.2, 0) is 0 Å². The molecule has 1 N–H and O–H groups in total. The fourth-order valence-corrected chi connectivity index (χ4v) is 2.59. The van der Waals surface area contributed by atoms with Crippen LogP contribution in [0.25, 0.3) is 0 Å². The zero-order valence-electron chi connectivity index (χ0n) is 6.82. The van der Waals surface area contributed by atoms with Gasteiger partial charge in [-0.2, -0.15) is 0 Å². The Morgan fingerprint density at radius 1 is 1.40 bits per heavy atom. The van der Waals surface area contributed by atoms with Crippen LogP contribution >= 0.6 is 0 Å². The number of nitrogens with one attached hydrogen (secondary N) is 1. The third-order valence-electron chi connectivity index (χ3n) is 3.46. The van der Waals surface area contributed by atoms with E-state index in [1.54, 1.807) is 0 Å². The van der Waals surface area contributed by atoms with E-state index >= 15 is 0 Å². The fraction of sp³-hybridized carbons (Fsp3) is 1.00.